The Hall–Kier alpha value is -4.42. The SMILES string of the molecule is C.C.CN.COC.COc1ccc(COc2cnc(COc3nc(-c4cn(C)cn4)cnc3N)cc2OC)cc1. The van der Waals surface area contributed by atoms with Crippen molar-refractivity contribution in [2.75, 3.05) is 41.2 Å². The first-order valence-electron chi connectivity index (χ1n) is 11.5. The highest BCUT2D eigenvalue weighted by Crippen LogP contribution is 2.28. The molecule has 4 aromatic rings. The first-order chi connectivity index (χ1) is 18.5. The van der Waals surface area contributed by atoms with Gasteiger partial charge in [0.05, 0.1) is 38.6 Å². The second-order valence-corrected chi connectivity index (χ2v) is 7.53. The normalized spacial score (nSPS) is 9.38. The minimum atomic E-state index is 0. The van der Waals surface area contributed by atoms with Crippen LogP contribution in [0, 0.1) is 0 Å². The van der Waals surface area contributed by atoms with Crippen LogP contribution < -0.4 is 30.4 Å². The number of pyridine rings is 1. The number of ether oxygens (including phenoxy) is 5. The van der Waals surface area contributed by atoms with Crippen LogP contribution in [-0.4, -0.2) is 60.0 Å². The van der Waals surface area contributed by atoms with Gasteiger partial charge in [0.2, 0.25) is 0 Å². The van der Waals surface area contributed by atoms with Gasteiger partial charge in [-0.15, -0.1) is 0 Å². The number of rotatable bonds is 9. The van der Waals surface area contributed by atoms with Gasteiger partial charge < -0.3 is 39.7 Å². The van der Waals surface area contributed by atoms with E-state index in [1.165, 1.54) is 7.05 Å². The number of nitrogen functional groups attached to an aromatic ring is 1. The topological polar surface area (TPSA) is 155 Å². The van der Waals surface area contributed by atoms with Crippen LogP contribution in [0.4, 0.5) is 5.82 Å². The maximum Gasteiger partial charge on any atom is 0.258 e. The molecule has 4 rings (SSSR count). The lowest BCUT2D eigenvalue weighted by Gasteiger charge is -2.13. The summed E-state index contributed by atoms with van der Waals surface area (Å²) in [5.74, 6) is 2.24. The molecule has 4 N–H and O–H groups in total. The molecule has 0 bridgehead atoms. The van der Waals surface area contributed by atoms with Crippen LogP contribution >= 0.6 is 0 Å². The number of hydrogen-bond donors (Lipinski definition) is 2. The smallest absolute Gasteiger partial charge is 0.258 e. The van der Waals surface area contributed by atoms with E-state index in [4.69, 9.17) is 24.7 Å². The lowest BCUT2D eigenvalue weighted by molar-refractivity contribution is 0.275. The zero-order valence-corrected chi connectivity index (χ0v) is 22.5. The molecule has 40 heavy (non-hydrogen) atoms. The highest BCUT2D eigenvalue weighted by molar-refractivity contribution is 5.55. The molecule has 12 nitrogen and oxygen atoms in total. The van der Waals surface area contributed by atoms with E-state index in [1.807, 2.05) is 42.1 Å². The first kappa shape index (κ1) is 35.6. The van der Waals surface area contributed by atoms with Gasteiger partial charge in [0.15, 0.2) is 17.3 Å². The molecule has 0 fully saturated rings. The van der Waals surface area contributed by atoms with E-state index in [1.54, 1.807) is 53.2 Å². The van der Waals surface area contributed by atoms with Gasteiger partial charge in [-0.05, 0) is 24.7 Å². The zero-order chi connectivity index (χ0) is 27.9. The predicted octanol–water partition coefficient (Wildman–Crippen LogP) is 4.14. The van der Waals surface area contributed by atoms with Gasteiger partial charge in [-0.3, -0.25) is 4.98 Å². The largest absolute Gasteiger partial charge is 0.497 e. The monoisotopic (exact) mass is 557 g/mol. The number of anilines is 1. The fourth-order valence-electron chi connectivity index (χ4n) is 2.99. The number of nitrogens with two attached hydrogens (primary N) is 2. The summed E-state index contributed by atoms with van der Waals surface area (Å²) in [5, 5.41) is 0. The Morgan fingerprint density at radius 3 is 2.05 bits per heavy atom. The molecule has 0 radical (unpaired) electrons. The van der Waals surface area contributed by atoms with Crippen molar-refractivity contribution < 1.29 is 23.7 Å². The fraction of sp³-hybridized carbons (Fsp3) is 0.357. The van der Waals surface area contributed by atoms with Gasteiger partial charge in [-0.1, -0.05) is 27.0 Å². The maximum absolute atomic E-state index is 5.93. The quantitative estimate of drug-likeness (QED) is 0.305. The lowest BCUT2D eigenvalue weighted by atomic mass is 10.2. The van der Waals surface area contributed by atoms with Gasteiger partial charge in [0, 0.05) is 33.5 Å². The Labute approximate surface area is 237 Å². The van der Waals surface area contributed by atoms with Gasteiger partial charge in [0.25, 0.3) is 5.88 Å². The summed E-state index contributed by atoms with van der Waals surface area (Å²) in [7, 11) is 9.83. The first-order valence-corrected chi connectivity index (χ1v) is 11.5. The zero-order valence-electron chi connectivity index (χ0n) is 22.5. The van der Waals surface area contributed by atoms with Crippen molar-refractivity contribution in [3.05, 3.63) is 66.5 Å². The molecule has 220 valence electrons. The molecule has 0 aliphatic rings. The Kier molecular flexibility index (Phi) is 16.7. The minimum Gasteiger partial charge on any atom is -0.497 e. The number of nitrogens with zero attached hydrogens (tertiary/aromatic N) is 5. The summed E-state index contributed by atoms with van der Waals surface area (Å²) >= 11 is 0. The minimum absolute atomic E-state index is 0. The molecule has 0 aliphatic carbocycles. The summed E-state index contributed by atoms with van der Waals surface area (Å²) in [6, 6.07) is 9.38. The number of hydrogen-bond acceptors (Lipinski definition) is 11. The van der Waals surface area contributed by atoms with Gasteiger partial charge >= 0.3 is 0 Å². The molecular formula is C28H43N7O5. The van der Waals surface area contributed by atoms with Crippen LogP contribution in [0.25, 0.3) is 11.4 Å². The van der Waals surface area contributed by atoms with Crippen LogP contribution in [0.15, 0.2) is 55.2 Å². The third-order valence-corrected chi connectivity index (χ3v) is 4.75. The number of imidazole rings is 1. The highest BCUT2D eigenvalue weighted by Gasteiger charge is 2.12. The van der Waals surface area contributed by atoms with E-state index in [0.29, 0.717) is 35.2 Å². The summed E-state index contributed by atoms with van der Waals surface area (Å²) in [6.45, 7) is 0.490. The van der Waals surface area contributed by atoms with E-state index in [0.717, 1.165) is 11.3 Å². The third kappa shape index (κ3) is 10.4. The van der Waals surface area contributed by atoms with E-state index < -0.39 is 0 Å². The Morgan fingerprint density at radius 1 is 0.800 bits per heavy atom. The molecule has 0 amide bonds. The average Bonchev–Trinajstić information content (AvgIpc) is 3.39. The number of aryl methyl sites for hydroxylation is 1. The van der Waals surface area contributed by atoms with E-state index in [2.05, 4.69) is 30.4 Å². The molecule has 0 spiro atoms. The summed E-state index contributed by atoms with van der Waals surface area (Å²) in [6.07, 6.45) is 6.67. The van der Waals surface area contributed by atoms with Crippen LogP contribution in [0.1, 0.15) is 26.1 Å². The fourth-order valence-corrected chi connectivity index (χ4v) is 2.99. The van der Waals surface area contributed by atoms with Crippen molar-refractivity contribution in [1.82, 2.24) is 24.5 Å². The molecule has 0 saturated carbocycles. The number of benzene rings is 1. The van der Waals surface area contributed by atoms with E-state index in [-0.39, 0.29) is 33.2 Å². The second-order valence-electron chi connectivity index (χ2n) is 7.53. The van der Waals surface area contributed by atoms with Crippen molar-refractivity contribution in [2.45, 2.75) is 28.1 Å². The molecule has 0 saturated heterocycles. The molecular weight excluding hydrogens is 514 g/mol. The number of methoxy groups -OCH3 is 3. The van der Waals surface area contributed by atoms with Crippen molar-refractivity contribution in [3.63, 3.8) is 0 Å². The van der Waals surface area contributed by atoms with Crippen LogP contribution in [-0.2, 0) is 25.0 Å². The third-order valence-electron chi connectivity index (χ3n) is 4.75. The number of aromatic nitrogens is 5. The van der Waals surface area contributed by atoms with E-state index >= 15 is 0 Å². The summed E-state index contributed by atoms with van der Waals surface area (Å²) in [4.78, 5) is 17.3. The van der Waals surface area contributed by atoms with Crippen LogP contribution in [0.5, 0.6) is 23.1 Å². The summed E-state index contributed by atoms with van der Waals surface area (Å²) < 4.78 is 28.4. The average molecular weight is 558 g/mol. The molecule has 0 atom stereocenters. The highest BCUT2D eigenvalue weighted by atomic mass is 16.5. The second kappa shape index (κ2) is 18.8. The van der Waals surface area contributed by atoms with Gasteiger partial charge in [-0.25, -0.2) is 15.0 Å². The molecule has 12 heteroatoms. The van der Waals surface area contributed by atoms with Crippen molar-refractivity contribution >= 4 is 5.82 Å². The Morgan fingerprint density at radius 2 is 1.48 bits per heavy atom. The molecule has 3 heterocycles. The van der Waals surface area contributed by atoms with Crippen molar-refractivity contribution in [1.29, 1.82) is 0 Å². The van der Waals surface area contributed by atoms with Gasteiger partial charge in [0.1, 0.15) is 30.4 Å². The standard InChI is InChI=1S/C23H24N6O4.C2H6O.CH5N.2CH4/c1-29-11-19(27-14-29)18-9-26-22(24)23(28-18)33-13-16-8-20(31-3)21(10-25-16)32-12-15-4-6-17(30-2)7-5-15;1-3-2;1-2;;/h4-11,14H,12-13H2,1-3H3,(H2,24,26);1-2H3;2H2,1H3;2*1H4. The molecule has 3 aromatic heterocycles. The molecule has 0 aliphatic heterocycles. The van der Waals surface area contributed by atoms with Crippen molar-refractivity contribution in [2.24, 2.45) is 12.8 Å². The molecule has 1 aromatic carbocycles. The molecule has 0 unspecified atom stereocenters. The lowest BCUT2D eigenvalue weighted by Crippen LogP contribution is -2.06. The van der Waals surface area contributed by atoms with Crippen LogP contribution in [0.3, 0.4) is 0 Å². The van der Waals surface area contributed by atoms with E-state index in [9.17, 15) is 0 Å². The van der Waals surface area contributed by atoms with Gasteiger partial charge in [-0.2, -0.15) is 0 Å². The Balaban J connectivity index is 0.00000204. The van der Waals surface area contributed by atoms with Crippen LogP contribution in [0.2, 0.25) is 0 Å². The Bertz CT molecular complexity index is 1250. The predicted molar refractivity (Wildman–Crippen MR) is 158 cm³/mol. The maximum atomic E-state index is 5.93. The summed E-state index contributed by atoms with van der Waals surface area (Å²) in [5.41, 5.74) is 13.3. The van der Waals surface area contributed by atoms with Crippen molar-refractivity contribution in [3.8, 4) is 34.5 Å².